The van der Waals surface area contributed by atoms with Crippen LogP contribution in [0.3, 0.4) is 0 Å². The van der Waals surface area contributed by atoms with E-state index in [0.717, 1.165) is 25.9 Å². The number of amides is 1. The highest BCUT2D eigenvalue weighted by Gasteiger charge is 2.25. The van der Waals surface area contributed by atoms with Crippen molar-refractivity contribution in [3.63, 3.8) is 0 Å². The first-order valence-electron chi connectivity index (χ1n) is 8.26. The molecule has 24 heavy (non-hydrogen) atoms. The molecule has 0 aliphatic carbocycles. The number of aliphatic carboxylic acids is 1. The molecule has 2 heterocycles. The number of rotatable bonds is 6. The van der Waals surface area contributed by atoms with Gasteiger partial charge in [0.15, 0.2) is 11.5 Å². The van der Waals surface area contributed by atoms with Crippen molar-refractivity contribution in [2.24, 2.45) is 5.92 Å². The Morgan fingerprint density at radius 3 is 2.67 bits per heavy atom. The lowest BCUT2D eigenvalue weighted by molar-refractivity contribution is -0.144. The first-order valence-corrected chi connectivity index (χ1v) is 8.26. The number of hydrogen-bond acceptors (Lipinski definition) is 5. The Morgan fingerprint density at radius 1 is 1.17 bits per heavy atom. The first-order chi connectivity index (χ1) is 11.6. The third-order valence-electron chi connectivity index (χ3n) is 4.36. The summed E-state index contributed by atoms with van der Waals surface area (Å²) in [6.07, 6.45) is 3.34. The number of carboxylic acids is 1. The van der Waals surface area contributed by atoms with Crippen molar-refractivity contribution in [2.75, 3.05) is 31.7 Å². The zero-order valence-electron chi connectivity index (χ0n) is 13.5. The SMILES string of the molecule is O=C(C[C@H](CN1CCCCC1)C(=O)O)Nc1ccc2c(c1)OCO2. The van der Waals surface area contributed by atoms with Crippen molar-refractivity contribution < 1.29 is 24.2 Å². The number of anilines is 1. The van der Waals surface area contributed by atoms with Gasteiger partial charge in [0.05, 0.1) is 5.92 Å². The fourth-order valence-corrected chi connectivity index (χ4v) is 3.09. The predicted molar refractivity (Wildman–Crippen MR) is 87.2 cm³/mol. The normalized spacial score (nSPS) is 18.2. The average Bonchev–Trinajstić information content (AvgIpc) is 3.02. The molecule has 7 heteroatoms. The molecular formula is C17H22N2O5. The van der Waals surface area contributed by atoms with Gasteiger partial charge in [-0.2, -0.15) is 0 Å². The van der Waals surface area contributed by atoms with Crippen molar-refractivity contribution >= 4 is 17.6 Å². The molecule has 0 unspecified atom stereocenters. The quantitative estimate of drug-likeness (QED) is 0.826. The maximum absolute atomic E-state index is 12.2. The van der Waals surface area contributed by atoms with E-state index in [0.29, 0.717) is 23.7 Å². The lowest BCUT2D eigenvalue weighted by atomic mass is 10.0. The van der Waals surface area contributed by atoms with Gasteiger partial charge in [-0.3, -0.25) is 9.59 Å². The largest absolute Gasteiger partial charge is 0.481 e. The number of carbonyl (C=O) groups excluding carboxylic acids is 1. The van der Waals surface area contributed by atoms with Crippen LogP contribution in [-0.2, 0) is 9.59 Å². The third-order valence-corrected chi connectivity index (χ3v) is 4.36. The summed E-state index contributed by atoms with van der Waals surface area (Å²) in [6.45, 7) is 2.41. The van der Waals surface area contributed by atoms with E-state index in [1.807, 2.05) is 0 Å². The molecule has 3 rings (SSSR count). The van der Waals surface area contributed by atoms with Crippen LogP contribution in [0.2, 0.25) is 0 Å². The number of piperidine rings is 1. The van der Waals surface area contributed by atoms with Crippen LogP contribution < -0.4 is 14.8 Å². The first kappa shape index (κ1) is 16.6. The van der Waals surface area contributed by atoms with Crippen molar-refractivity contribution in [1.82, 2.24) is 4.90 Å². The molecule has 130 valence electrons. The maximum Gasteiger partial charge on any atom is 0.308 e. The molecule has 1 fully saturated rings. The third kappa shape index (κ3) is 4.17. The second-order valence-electron chi connectivity index (χ2n) is 6.22. The number of carbonyl (C=O) groups is 2. The standard InChI is InChI=1S/C17H22N2O5/c20-16(18-13-4-5-14-15(9-13)24-11-23-14)8-12(17(21)22)10-19-6-2-1-3-7-19/h4-5,9,12H,1-3,6-8,10-11H2,(H,18,20)(H,21,22)/t12-/m1/s1. The minimum atomic E-state index is -0.929. The highest BCUT2D eigenvalue weighted by Crippen LogP contribution is 2.34. The van der Waals surface area contributed by atoms with Crippen molar-refractivity contribution in [3.8, 4) is 11.5 Å². The zero-order valence-corrected chi connectivity index (χ0v) is 13.5. The Bertz CT molecular complexity index is 613. The van der Waals surface area contributed by atoms with Gasteiger partial charge >= 0.3 is 5.97 Å². The molecule has 2 aliphatic heterocycles. The van der Waals surface area contributed by atoms with Crippen LogP contribution in [0, 0.1) is 5.92 Å². The van der Waals surface area contributed by atoms with Gasteiger partial charge in [0.25, 0.3) is 0 Å². The molecule has 1 saturated heterocycles. The highest BCUT2D eigenvalue weighted by molar-refractivity contribution is 5.93. The summed E-state index contributed by atoms with van der Waals surface area (Å²) in [7, 11) is 0. The Hall–Kier alpha value is -2.28. The minimum Gasteiger partial charge on any atom is -0.481 e. The Labute approximate surface area is 140 Å². The van der Waals surface area contributed by atoms with E-state index in [1.165, 1.54) is 6.42 Å². The van der Waals surface area contributed by atoms with Gasteiger partial charge in [0, 0.05) is 24.7 Å². The van der Waals surface area contributed by atoms with E-state index in [2.05, 4.69) is 10.2 Å². The van der Waals surface area contributed by atoms with Gasteiger partial charge in [0.1, 0.15) is 0 Å². The summed E-state index contributed by atoms with van der Waals surface area (Å²) in [6, 6.07) is 5.12. The van der Waals surface area contributed by atoms with Gasteiger partial charge in [-0.25, -0.2) is 0 Å². The summed E-state index contributed by atoms with van der Waals surface area (Å²) >= 11 is 0. The summed E-state index contributed by atoms with van der Waals surface area (Å²) in [5.41, 5.74) is 0.575. The van der Waals surface area contributed by atoms with Crippen LogP contribution in [0.15, 0.2) is 18.2 Å². The second kappa shape index (κ2) is 7.53. The van der Waals surface area contributed by atoms with Crippen LogP contribution in [0.25, 0.3) is 0 Å². The van der Waals surface area contributed by atoms with Crippen LogP contribution >= 0.6 is 0 Å². The Kier molecular flexibility index (Phi) is 5.20. The van der Waals surface area contributed by atoms with E-state index in [9.17, 15) is 14.7 Å². The Morgan fingerprint density at radius 2 is 1.92 bits per heavy atom. The summed E-state index contributed by atoms with van der Waals surface area (Å²) in [5, 5.41) is 12.1. The number of benzene rings is 1. The van der Waals surface area contributed by atoms with Crippen molar-refractivity contribution in [3.05, 3.63) is 18.2 Å². The van der Waals surface area contributed by atoms with Crippen LogP contribution in [0.1, 0.15) is 25.7 Å². The fourth-order valence-electron chi connectivity index (χ4n) is 3.09. The van der Waals surface area contributed by atoms with Gasteiger partial charge in [0.2, 0.25) is 12.7 Å². The smallest absolute Gasteiger partial charge is 0.308 e. The fraction of sp³-hybridized carbons (Fsp3) is 0.529. The minimum absolute atomic E-state index is 0.0414. The van der Waals surface area contributed by atoms with Crippen LogP contribution in [0.5, 0.6) is 11.5 Å². The number of ether oxygens (including phenoxy) is 2. The summed E-state index contributed by atoms with van der Waals surface area (Å²) in [4.78, 5) is 25.8. The lowest BCUT2D eigenvalue weighted by Crippen LogP contribution is -2.38. The van der Waals surface area contributed by atoms with Gasteiger partial charge < -0.3 is 24.8 Å². The molecule has 0 radical (unpaired) electrons. The summed E-state index contributed by atoms with van der Waals surface area (Å²) in [5.74, 6) is -0.714. The van der Waals surface area contributed by atoms with Gasteiger partial charge in [-0.1, -0.05) is 6.42 Å². The molecule has 1 amide bonds. The van der Waals surface area contributed by atoms with E-state index in [4.69, 9.17) is 9.47 Å². The van der Waals surface area contributed by atoms with E-state index in [-0.39, 0.29) is 19.1 Å². The molecule has 7 nitrogen and oxygen atoms in total. The predicted octanol–water partition coefficient (Wildman–Crippen LogP) is 1.93. The molecular weight excluding hydrogens is 312 g/mol. The monoisotopic (exact) mass is 334 g/mol. The van der Waals surface area contributed by atoms with E-state index in [1.54, 1.807) is 18.2 Å². The molecule has 2 aliphatic rings. The molecule has 1 aromatic rings. The topological polar surface area (TPSA) is 88.1 Å². The number of carboxylic acid groups (broad SMARTS) is 1. The average molecular weight is 334 g/mol. The van der Waals surface area contributed by atoms with E-state index >= 15 is 0 Å². The number of nitrogens with zero attached hydrogens (tertiary/aromatic N) is 1. The Balaban J connectivity index is 1.56. The van der Waals surface area contributed by atoms with Crippen molar-refractivity contribution in [1.29, 1.82) is 0 Å². The zero-order chi connectivity index (χ0) is 16.9. The molecule has 0 saturated carbocycles. The molecule has 1 atom stereocenters. The van der Waals surface area contributed by atoms with Gasteiger partial charge in [-0.05, 0) is 38.1 Å². The summed E-state index contributed by atoms with van der Waals surface area (Å²) < 4.78 is 10.5. The second-order valence-corrected chi connectivity index (χ2v) is 6.22. The molecule has 0 spiro atoms. The number of likely N-dealkylation sites (tertiary alicyclic amines) is 1. The van der Waals surface area contributed by atoms with Crippen LogP contribution in [0.4, 0.5) is 5.69 Å². The number of hydrogen-bond donors (Lipinski definition) is 2. The highest BCUT2D eigenvalue weighted by atomic mass is 16.7. The molecule has 0 aromatic heterocycles. The number of nitrogens with one attached hydrogen (secondary N) is 1. The molecule has 0 bridgehead atoms. The molecule has 2 N–H and O–H groups in total. The molecule has 1 aromatic carbocycles. The van der Waals surface area contributed by atoms with Crippen LogP contribution in [-0.4, -0.2) is 48.3 Å². The van der Waals surface area contributed by atoms with Crippen molar-refractivity contribution in [2.45, 2.75) is 25.7 Å². The maximum atomic E-state index is 12.2. The van der Waals surface area contributed by atoms with Gasteiger partial charge in [-0.15, -0.1) is 0 Å². The lowest BCUT2D eigenvalue weighted by Gasteiger charge is -2.28. The number of fused-ring (bicyclic) bond motifs is 1. The van der Waals surface area contributed by atoms with E-state index < -0.39 is 11.9 Å².